The van der Waals surface area contributed by atoms with E-state index in [2.05, 4.69) is 0 Å². The van der Waals surface area contributed by atoms with Crippen molar-refractivity contribution in [2.45, 2.75) is 5.79 Å². The summed E-state index contributed by atoms with van der Waals surface area (Å²) < 4.78 is 36.4. The predicted molar refractivity (Wildman–Crippen MR) is 51.1 cm³/mol. The Morgan fingerprint density at radius 2 is 1.87 bits per heavy atom. The number of nitrogens with two attached hydrogens (primary N) is 1. The van der Waals surface area contributed by atoms with Gasteiger partial charge in [-0.05, 0) is 18.2 Å². The van der Waals surface area contributed by atoms with Crippen molar-refractivity contribution in [3.63, 3.8) is 0 Å². The quantitative estimate of drug-likeness (QED) is 0.775. The van der Waals surface area contributed by atoms with E-state index in [1.807, 2.05) is 0 Å². The molecule has 0 saturated carbocycles. The zero-order valence-corrected chi connectivity index (χ0v) is 8.59. The average molecular weight is 217 g/mol. The smallest absolute Gasteiger partial charge is 0.210 e. The molecule has 0 radical (unpaired) electrons. The van der Waals surface area contributed by atoms with Gasteiger partial charge in [-0.3, -0.25) is 0 Å². The van der Waals surface area contributed by atoms with E-state index in [1.165, 1.54) is 14.2 Å². The summed E-state index contributed by atoms with van der Waals surface area (Å²) in [6.07, 6.45) is 0. The molecule has 0 spiro atoms. The Labute approximate surface area is 86.8 Å². The second-order valence-corrected chi connectivity index (χ2v) is 2.99. The zero-order valence-electron chi connectivity index (χ0n) is 8.59. The van der Waals surface area contributed by atoms with Crippen molar-refractivity contribution in [3.8, 4) is 0 Å². The number of hydrogen-bond donors (Lipinski definition) is 1. The number of methoxy groups -OCH3 is 2. The maximum atomic E-state index is 13.4. The van der Waals surface area contributed by atoms with Crippen LogP contribution in [0.4, 0.5) is 8.78 Å². The van der Waals surface area contributed by atoms with Gasteiger partial charge in [0.2, 0.25) is 5.79 Å². The molecule has 0 unspecified atom stereocenters. The van der Waals surface area contributed by atoms with Crippen LogP contribution in [0, 0.1) is 11.6 Å². The highest BCUT2D eigenvalue weighted by Crippen LogP contribution is 2.27. The molecule has 1 aromatic rings. The van der Waals surface area contributed by atoms with E-state index in [1.54, 1.807) is 0 Å². The van der Waals surface area contributed by atoms with Crippen LogP contribution in [0.3, 0.4) is 0 Å². The fourth-order valence-corrected chi connectivity index (χ4v) is 1.37. The van der Waals surface area contributed by atoms with Crippen LogP contribution in [0.2, 0.25) is 0 Å². The highest BCUT2D eigenvalue weighted by atomic mass is 19.1. The molecule has 0 heterocycles. The van der Waals surface area contributed by atoms with E-state index >= 15 is 0 Å². The summed E-state index contributed by atoms with van der Waals surface area (Å²) in [5.74, 6) is -2.63. The first-order chi connectivity index (χ1) is 7.09. The maximum absolute atomic E-state index is 13.4. The van der Waals surface area contributed by atoms with Gasteiger partial charge < -0.3 is 15.2 Å². The van der Waals surface area contributed by atoms with E-state index < -0.39 is 17.4 Å². The molecular formula is C10H13F2NO2. The van der Waals surface area contributed by atoms with Gasteiger partial charge in [-0.2, -0.15) is 0 Å². The van der Waals surface area contributed by atoms with Crippen LogP contribution in [0.1, 0.15) is 5.56 Å². The largest absolute Gasteiger partial charge is 0.348 e. The summed E-state index contributed by atoms with van der Waals surface area (Å²) in [5.41, 5.74) is 5.39. The van der Waals surface area contributed by atoms with Crippen molar-refractivity contribution >= 4 is 0 Å². The lowest BCUT2D eigenvalue weighted by atomic mass is 10.0. The molecule has 1 aromatic carbocycles. The normalized spacial score (nSPS) is 11.8. The Kier molecular flexibility index (Phi) is 3.73. The Balaban J connectivity index is 3.27. The van der Waals surface area contributed by atoms with Crippen molar-refractivity contribution in [3.05, 3.63) is 35.4 Å². The van der Waals surface area contributed by atoms with Crippen LogP contribution in [-0.2, 0) is 15.3 Å². The lowest BCUT2D eigenvalue weighted by Gasteiger charge is -2.29. The average Bonchev–Trinajstić information content (AvgIpc) is 2.26. The van der Waals surface area contributed by atoms with E-state index in [0.717, 1.165) is 18.2 Å². The van der Waals surface area contributed by atoms with Crippen LogP contribution in [0.25, 0.3) is 0 Å². The van der Waals surface area contributed by atoms with Crippen LogP contribution in [0.15, 0.2) is 18.2 Å². The molecule has 0 aliphatic rings. The highest BCUT2D eigenvalue weighted by molar-refractivity contribution is 5.24. The molecule has 15 heavy (non-hydrogen) atoms. The molecule has 0 aliphatic heterocycles. The van der Waals surface area contributed by atoms with Crippen LogP contribution in [-0.4, -0.2) is 20.8 Å². The number of rotatable bonds is 4. The molecule has 0 saturated heterocycles. The molecule has 2 N–H and O–H groups in total. The van der Waals surface area contributed by atoms with Gasteiger partial charge in [-0.25, -0.2) is 8.78 Å². The fourth-order valence-electron chi connectivity index (χ4n) is 1.37. The van der Waals surface area contributed by atoms with Gasteiger partial charge in [0.1, 0.15) is 11.6 Å². The van der Waals surface area contributed by atoms with Gasteiger partial charge in [0.25, 0.3) is 0 Å². The van der Waals surface area contributed by atoms with E-state index in [9.17, 15) is 8.78 Å². The first-order valence-electron chi connectivity index (χ1n) is 4.35. The lowest BCUT2D eigenvalue weighted by Crippen LogP contribution is -2.39. The molecule has 0 aromatic heterocycles. The van der Waals surface area contributed by atoms with Crippen LogP contribution in [0.5, 0.6) is 0 Å². The van der Waals surface area contributed by atoms with Crippen molar-refractivity contribution < 1.29 is 18.3 Å². The summed E-state index contributed by atoms with van der Waals surface area (Å²) in [4.78, 5) is 0. The van der Waals surface area contributed by atoms with Crippen molar-refractivity contribution in [2.75, 3.05) is 20.8 Å². The third-order valence-corrected chi connectivity index (χ3v) is 2.27. The molecular weight excluding hydrogens is 204 g/mol. The predicted octanol–water partition coefficient (Wildman–Crippen LogP) is 1.37. The van der Waals surface area contributed by atoms with Crippen molar-refractivity contribution in [1.82, 2.24) is 0 Å². The van der Waals surface area contributed by atoms with Gasteiger partial charge in [-0.1, -0.05) is 0 Å². The van der Waals surface area contributed by atoms with Gasteiger partial charge >= 0.3 is 0 Å². The Morgan fingerprint density at radius 1 is 1.27 bits per heavy atom. The van der Waals surface area contributed by atoms with E-state index in [0.29, 0.717) is 0 Å². The second-order valence-electron chi connectivity index (χ2n) is 2.99. The minimum absolute atomic E-state index is 0.0463. The molecule has 0 bridgehead atoms. The molecule has 84 valence electrons. The monoisotopic (exact) mass is 217 g/mol. The Hall–Kier alpha value is -1.04. The number of hydrogen-bond acceptors (Lipinski definition) is 3. The number of halogens is 2. The Morgan fingerprint density at radius 3 is 2.33 bits per heavy atom. The third-order valence-electron chi connectivity index (χ3n) is 2.27. The number of ether oxygens (including phenoxy) is 2. The first kappa shape index (κ1) is 12.0. The SMILES string of the molecule is COC(CN)(OC)c1cc(F)ccc1F. The topological polar surface area (TPSA) is 44.5 Å². The van der Waals surface area contributed by atoms with E-state index in [4.69, 9.17) is 15.2 Å². The standard InChI is InChI=1S/C10H13F2NO2/c1-14-10(6-13,15-2)8-5-7(11)3-4-9(8)12/h3-5H,6,13H2,1-2H3. The lowest BCUT2D eigenvalue weighted by molar-refractivity contribution is -0.209. The molecule has 3 nitrogen and oxygen atoms in total. The maximum Gasteiger partial charge on any atom is 0.210 e. The summed E-state index contributed by atoms with van der Waals surface area (Å²) >= 11 is 0. The van der Waals surface area contributed by atoms with Crippen molar-refractivity contribution in [1.29, 1.82) is 0 Å². The van der Waals surface area contributed by atoms with Gasteiger partial charge in [0.05, 0.1) is 12.1 Å². The van der Waals surface area contributed by atoms with Crippen LogP contribution >= 0.6 is 0 Å². The molecule has 5 heteroatoms. The number of benzene rings is 1. The summed E-state index contributed by atoms with van der Waals surface area (Å²) in [6, 6.07) is 3.04. The second kappa shape index (κ2) is 4.65. The van der Waals surface area contributed by atoms with Crippen LogP contribution < -0.4 is 5.73 Å². The summed E-state index contributed by atoms with van der Waals surface area (Å²) in [6.45, 7) is -0.111. The van der Waals surface area contributed by atoms with Gasteiger partial charge in [-0.15, -0.1) is 0 Å². The minimum Gasteiger partial charge on any atom is -0.348 e. The molecule has 0 atom stereocenters. The molecule has 0 fully saturated rings. The first-order valence-corrected chi connectivity index (χ1v) is 4.35. The summed E-state index contributed by atoms with van der Waals surface area (Å²) in [5, 5.41) is 0. The fraction of sp³-hybridized carbons (Fsp3) is 0.400. The summed E-state index contributed by atoms with van der Waals surface area (Å²) in [7, 11) is 2.64. The minimum atomic E-state index is -1.44. The van der Waals surface area contributed by atoms with Gasteiger partial charge in [0, 0.05) is 14.2 Å². The third kappa shape index (κ3) is 2.14. The highest BCUT2D eigenvalue weighted by Gasteiger charge is 2.33. The van der Waals surface area contributed by atoms with Gasteiger partial charge in [0.15, 0.2) is 0 Å². The molecule has 0 aliphatic carbocycles. The van der Waals surface area contributed by atoms with E-state index in [-0.39, 0.29) is 12.1 Å². The zero-order chi connectivity index (χ0) is 11.5. The molecule has 1 rings (SSSR count). The van der Waals surface area contributed by atoms with Crippen molar-refractivity contribution in [2.24, 2.45) is 5.73 Å². The molecule has 0 amide bonds. The Bertz CT molecular complexity index is 332.